The van der Waals surface area contributed by atoms with Crippen molar-refractivity contribution in [3.63, 3.8) is 0 Å². The van der Waals surface area contributed by atoms with E-state index in [0.29, 0.717) is 12.1 Å². The van der Waals surface area contributed by atoms with Gasteiger partial charge in [-0.2, -0.15) is 0 Å². The maximum absolute atomic E-state index is 5.38. The highest BCUT2D eigenvalue weighted by Crippen LogP contribution is 2.29. The first-order chi connectivity index (χ1) is 7.19. The van der Waals surface area contributed by atoms with E-state index in [2.05, 4.69) is 32.0 Å². The minimum Gasteiger partial charge on any atom is -0.310 e. The van der Waals surface area contributed by atoms with Crippen molar-refractivity contribution in [2.75, 3.05) is 0 Å². The van der Waals surface area contributed by atoms with Crippen LogP contribution in [0.3, 0.4) is 0 Å². The molecule has 0 aliphatic heterocycles. The van der Waals surface area contributed by atoms with Crippen LogP contribution in [0.4, 0.5) is 0 Å². The summed E-state index contributed by atoms with van der Waals surface area (Å²) in [5.41, 5.74) is 0. The van der Waals surface area contributed by atoms with Crippen molar-refractivity contribution in [1.82, 2.24) is 5.32 Å². The highest BCUT2D eigenvalue weighted by Gasteiger charge is 2.27. The van der Waals surface area contributed by atoms with Crippen LogP contribution >= 0.6 is 0 Å². The van der Waals surface area contributed by atoms with Gasteiger partial charge in [0, 0.05) is 18.5 Å². The molecule has 1 N–H and O–H groups in total. The fourth-order valence-corrected chi connectivity index (χ4v) is 2.58. The van der Waals surface area contributed by atoms with Crippen molar-refractivity contribution in [2.24, 2.45) is 11.8 Å². The Labute approximate surface area is 95.0 Å². The first kappa shape index (κ1) is 12.6. The third-order valence-corrected chi connectivity index (χ3v) is 4.01. The summed E-state index contributed by atoms with van der Waals surface area (Å²) in [5, 5.41) is 3.74. The fourth-order valence-electron chi connectivity index (χ4n) is 2.58. The van der Waals surface area contributed by atoms with Gasteiger partial charge in [-0.05, 0) is 24.7 Å². The number of nitrogens with one attached hydrogen (secondary N) is 1. The van der Waals surface area contributed by atoms with Gasteiger partial charge in [-0.3, -0.25) is 0 Å². The maximum Gasteiger partial charge on any atom is 0.0240 e. The molecule has 86 valence electrons. The molecule has 1 heteroatoms. The Bertz CT molecular complexity index is 216. The summed E-state index contributed by atoms with van der Waals surface area (Å²) in [6, 6.07) is 1.21. The molecule has 1 aliphatic rings. The van der Waals surface area contributed by atoms with Crippen LogP contribution in [-0.4, -0.2) is 12.1 Å². The molecule has 1 nitrogen and oxygen atoms in total. The molecule has 4 unspecified atom stereocenters. The van der Waals surface area contributed by atoms with Crippen LogP contribution in [0.2, 0.25) is 0 Å². The first-order valence-electron chi connectivity index (χ1n) is 6.38. The van der Waals surface area contributed by atoms with E-state index in [1.54, 1.807) is 0 Å². The molecule has 1 aliphatic carbocycles. The van der Waals surface area contributed by atoms with E-state index in [0.717, 1.165) is 24.7 Å². The highest BCUT2D eigenvalue weighted by molar-refractivity contribution is 4.92. The lowest BCUT2D eigenvalue weighted by molar-refractivity contribution is 0.192. The molecule has 0 aromatic heterocycles. The quantitative estimate of drug-likeness (QED) is 0.698. The van der Waals surface area contributed by atoms with Gasteiger partial charge in [0.2, 0.25) is 0 Å². The maximum atomic E-state index is 5.38. The molecular formula is C14H25N. The summed E-state index contributed by atoms with van der Waals surface area (Å²) in [6.07, 6.45) is 11.5. The number of hydrogen-bond donors (Lipinski definition) is 1. The summed E-state index contributed by atoms with van der Waals surface area (Å²) in [6.45, 7) is 6.97. The zero-order valence-electron chi connectivity index (χ0n) is 10.4. The molecule has 0 amide bonds. The number of rotatable bonds is 4. The minimum absolute atomic E-state index is 0.521. The lowest BCUT2D eigenvalue weighted by Gasteiger charge is -2.36. The predicted molar refractivity (Wildman–Crippen MR) is 66.6 cm³/mol. The van der Waals surface area contributed by atoms with Crippen LogP contribution in [0.1, 0.15) is 52.9 Å². The smallest absolute Gasteiger partial charge is 0.0240 e. The van der Waals surface area contributed by atoms with Crippen molar-refractivity contribution >= 4 is 0 Å². The average Bonchev–Trinajstić information content (AvgIpc) is 2.24. The molecule has 0 bridgehead atoms. The van der Waals surface area contributed by atoms with Gasteiger partial charge in [0.05, 0.1) is 0 Å². The van der Waals surface area contributed by atoms with Gasteiger partial charge in [-0.1, -0.05) is 33.6 Å². The molecule has 1 fully saturated rings. The second kappa shape index (κ2) is 6.18. The van der Waals surface area contributed by atoms with Crippen molar-refractivity contribution in [1.29, 1.82) is 0 Å². The summed E-state index contributed by atoms with van der Waals surface area (Å²) in [7, 11) is 0. The largest absolute Gasteiger partial charge is 0.310 e. The lowest BCUT2D eigenvalue weighted by atomic mass is 9.77. The van der Waals surface area contributed by atoms with Gasteiger partial charge in [0.25, 0.3) is 0 Å². The molecule has 0 heterocycles. The van der Waals surface area contributed by atoms with Crippen LogP contribution in [0, 0.1) is 24.2 Å². The van der Waals surface area contributed by atoms with Gasteiger partial charge >= 0.3 is 0 Å². The van der Waals surface area contributed by atoms with Crippen LogP contribution in [0.5, 0.6) is 0 Å². The molecule has 1 rings (SSSR count). The Kier molecular flexibility index (Phi) is 5.19. The van der Waals surface area contributed by atoms with Crippen LogP contribution < -0.4 is 5.32 Å². The highest BCUT2D eigenvalue weighted by atomic mass is 15.0. The van der Waals surface area contributed by atoms with Crippen LogP contribution in [0.15, 0.2) is 0 Å². The second-order valence-electron chi connectivity index (χ2n) is 5.05. The molecule has 0 spiro atoms. The molecule has 0 saturated heterocycles. The normalized spacial score (nSPS) is 33.3. The molecular weight excluding hydrogens is 182 g/mol. The van der Waals surface area contributed by atoms with E-state index < -0.39 is 0 Å². The summed E-state index contributed by atoms with van der Waals surface area (Å²) < 4.78 is 0. The van der Waals surface area contributed by atoms with Gasteiger partial charge in [0.1, 0.15) is 0 Å². The van der Waals surface area contributed by atoms with Crippen LogP contribution in [-0.2, 0) is 0 Å². The van der Waals surface area contributed by atoms with E-state index in [1.165, 1.54) is 19.3 Å². The van der Waals surface area contributed by atoms with Gasteiger partial charge in [0.15, 0.2) is 0 Å². The van der Waals surface area contributed by atoms with Crippen molar-refractivity contribution in [3.8, 4) is 12.3 Å². The lowest BCUT2D eigenvalue weighted by Crippen LogP contribution is -2.45. The van der Waals surface area contributed by atoms with E-state index in [-0.39, 0.29) is 0 Å². The van der Waals surface area contributed by atoms with E-state index >= 15 is 0 Å². The van der Waals surface area contributed by atoms with Gasteiger partial charge in [-0.25, -0.2) is 0 Å². The summed E-state index contributed by atoms with van der Waals surface area (Å²) >= 11 is 0. The van der Waals surface area contributed by atoms with E-state index in [9.17, 15) is 0 Å². The average molecular weight is 207 g/mol. The second-order valence-corrected chi connectivity index (χ2v) is 5.05. The Morgan fingerprint density at radius 3 is 2.73 bits per heavy atom. The van der Waals surface area contributed by atoms with Gasteiger partial charge < -0.3 is 5.32 Å². The first-order valence-corrected chi connectivity index (χ1v) is 6.38. The molecule has 0 radical (unpaired) electrons. The number of hydrogen-bond acceptors (Lipinski definition) is 1. The Hall–Kier alpha value is -0.480. The topological polar surface area (TPSA) is 12.0 Å². The van der Waals surface area contributed by atoms with Crippen molar-refractivity contribution in [3.05, 3.63) is 0 Å². The zero-order chi connectivity index (χ0) is 11.3. The van der Waals surface area contributed by atoms with Crippen molar-refractivity contribution in [2.45, 2.75) is 65.0 Å². The molecule has 15 heavy (non-hydrogen) atoms. The van der Waals surface area contributed by atoms with E-state index in [4.69, 9.17) is 6.42 Å². The third-order valence-electron chi connectivity index (χ3n) is 4.01. The Morgan fingerprint density at radius 2 is 2.13 bits per heavy atom. The molecule has 1 saturated carbocycles. The summed E-state index contributed by atoms with van der Waals surface area (Å²) in [4.78, 5) is 0. The van der Waals surface area contributed by atoms with Gasteiger partial charge in [-0.15, -0.1) is 12.3 Å². The number of terminal acetylenes is 1. The predicted octanol–water partition coefficient (Wildman–Crippen LogP) is 3.20. The monoisotopic (exact) mass is 207 g/mol. The summed E-state index contributed by atoms with van der Waals surface area (Å²) in [5.74, 6) is 4.43. The Morgan fingerprint density at radius 1 is 1.40 bits per heavy atom. The van der Waals surface area contributed by atoms with E-state index in [1.807, 2.05) is 0 Å². The molecule has 0 aromatic rings. The molecule has 4 atom stereocenters. The Balaban J connectivity index is 2.45. The SMILES string of the molecule is C#CCC(CC)NC1CCCC(C)C1C. The zero-order valence-corrected chi connectivity index (χ0v) is 10.4. The van der Waals surface area contributed by atoms with Crippen LogP contribution in [0.25, 0.3) is 0 Å². The standard InChI is InChI=1S/C14H25N/c1-5-8-13(6-2)15-14-10-7-9-11(3)12(14)4/h1,11-15H,6-10H2,2-4H3. The molecule has 0 aromatic carbocycles. The third kappa shape index (κ3) is 3.54. The minimum atomic E-state index is 0.521. The fraction of sp³-hybridized carbons (Fsp3) is 0.857. The van der Waals surface area contributed by atoms with Crippen molar-refractivity contribution < 1.29 is 0 Å².